The maximum Gasteiger partial charge on any atom is 0.339 e. The third kappa shape index (κ3) is 4.13. The van der Waals surface area contributed by atoms with Crippen LogP contribution in [0.1, 0.15) is 17.3 Å². The van der Waals surface area contributed by atoms with Crippen molar-refractivity contribution in [1.82, 2.24) is 4.90 Å². The number of rotatable bonds is 6. The van der Waals surface area contributed by atoms with E-state index in [1.807, 2.05) is 6.92 Å². The Morgan fingerprint density at radius 3 is 2.65 bits per heavy atom. The van der Waals surface area contributed by atoms with Gasteiger partial charge in [-0.3, -0.25) is 0 Å². The maximum absolute atomic E-state index is 12.0. The van der Waals surface area contributed by atoms with Crippen molar-refractivity contribution in [2.75, 3.05) is 32.1 Å². The van der Waals surface area contributed by atoms with E-state index in [1.165, 1.54) is 23.1 Å². The highest BCUT2D eigenvalue weighted by Crippen LogP contribution is 2.21. The van der Waals surface area contributed by atoms with Crippen molar-refractivity contribution in [3.8, 4) is 5.75 Å². The fraction of sp³-hybridized carbons (Fsp3) is 0.385. The molecule has 0 heterocycles. The van der Waals surface area contributed by atoms with Crippen molar-refractivity contribution >= 4 is 17.7 Å². The lowest BCUT2D eigenvalue weighted by atomic mass is 10.2. The number of aromatic hydroxyl groups is 1. The fourth-order valence-electron chi connectivity index (χ4n) is 1.59. The summed E-state index contributed by atoms with van der Waals surface area (Å²) in [6.45, 7) is 3.17. The van der Waals surface area contributed by atoms with E-state index < -0.39 is 5.97 Å². The van der Waals surface area contributed by atoms with Gasteiger partial charge in [-0.25, -0.2) is 9.59 Å². The summed E-state index contributed by atoms with van der Waals surface area (Å²) in [6, 6.07) is 3.51. The average Bonchev–Trinajstić information content (AvgIpc) is 2.41. The van der Waals surface area contributed by atoms with Gasteiger partial charge in [-0.15, -0.1) is 0 Å². The van der Waals surface area contributed by atoms with Crippen LogP contribution >= 0.6 is 0 Å². The van der Waals surface area contributed by atoms with E-state index in [2.05, 4.69) is 5.32 Å². The summed E-state index contributed by atoms with van der Waals surface area (Å²) in [5.41, 5.74) is 0.0452. The van der Waals surface area contributed by atoms with Crippen LogP contribution in [0, 0.1) is 0 Å². The highest BCUT2D eigenvalue weighted by molar-refractivity contribution is 5.95. The van der Waals surface area contributed by atoms with E-state index in [0.29, 0.717) is 25.4 Å². The van der Waals surface area contributed by atoms with Gasteiger partial charge in [0.1, 0.15) is 11.3 Å². The Morgan fingerprint density at radius 1 is 1.40 bits per heavy atom. The fourth-order valence-corrected chi connectivity index (χ4v) is 1.59. The number of hydrogen-bond acceptors (Lipinski definition) is 4. The molecule has 20 heavy (non-hydrogen) atoms. The number of carboxylic acids is 1. The Bertz CT molecular complexity index is 490. The molecule has 1 aromatic rings. The van der Waals surface area contributed by atoms with Crippen molar-refractivity contribution in [3.63, 3.8) is 0 Å². The molecule has 2 amide bonds. The number of hydrogen-bond donors (Lipinski definition) is 3. The number of benzene rings is 1. The van der Waals surface area contributed by atoms with Gasteiger partial charge >= 0.3 is 12.0 Å². The van der Waals surface area contributed by atoms with Gasteiger partial charge in [0.25, 0.3) is 0 Å². The maximum atomic E-state index is 12.0. The second kappa shape index (κ2) is 7.34. The molecule has 0 aromatic heterocycles. The second-order valence-electron chi connectivity index (χ2n) is 4.04. The molecular weight excluding hydrogens is 264 g/mol. The smallest absolute Gasteiger partial charge is 0.339 e. The van der Waals surface area contributed by atoms with Crippen LogP contribution in [0.5, 0.6) is 5.75 Å². The second-order valence-corrected chi connectivity index (χ2v) is 4.04. The number of ether oxygens (including phenoxy) is 1. The number of phenols is 1. The average molecular weight is 282 g/mol. The molecule has 0 bridgehead atoms. The van der Waals surface area contributed by atoms with Crippen LogP contribution in [-0.4, -0.2) is 53.9 Å². The van der Waals surface area contributed by atoms with Gasteiger partial charge in [-0.1, -0.05) is 0 Å². The highest BCUT2D eigenvalue weighted by Gasteiger charge is 2.14. The Morgan fingerprint density at radius 2 is 2.10 bits per heavy atom. The predicted octanol–water partition coefficient (Wildman–Crippen LogP) is 1.59. The van der Waals surface area contributed by atoms with E-state index >= 15 is 0 Å². The van der Waals surface area contributed by atoms with Crippen molar-refractivity contribution in [3.05, 3.63) is 23.8 Å². The van der Waals surface area contributed by atoms with Crippen LogP contribution in [0.3, 0.4) is 0 Å². The molecule has 110 valence electrons. The predicted molar refractivity (Wildman–Crippen MR) is 73.2 cm³/mol. The summed E-state index contributed by atoms with van der Waals surface area (Å²) in [7, 11) is 1.55. The molecule has 0 saturated carbocycles. The molecule has 0 fully saturated rings. The normalized spacial score (nSPS) is 10.1. The first-order valence-corrected chi connectivity index (χ1v) is 6.10. The van der Waals surface area contributed by atoms with Gasteiger partial charge in [-0.2, -0.15) is 0 Å². The van der Waals surface area contributed by atoms with E-state index in [9.17, 15) is 14.7 Å². The number of amides is 2. The van der Waals surface area contributed by atoms with E-state index in [1.54, 1.807) is 7.11 Å². The number of nitrogens with zero attached hydrogens (tertiary/aromatic N) is 1. The molecule has 1 rings (SSSR count). The number of anilines is 1. The molecule has 0 unspecified atom stereocenters. The summed E-state index contributed by atoms with van der Waals surface area (Å²) < 4.78 is 4.91. The number of carbonyl (C=O) groups excluding carboxylic acids is 1. The quantitative estimate of drug-likeness (QED) is 0.688. The third-order valence-corrected chi connectivity index (χ3v) is 2.71. The number of carbonyl (C=O) groups is 2. The molecule has 0 aliphatic heterocycles. The van der Waals surface area contributed by atoms with Gasteiger partial charge in [0, 0.05) is 25.9 Å². The van der Waals surface area contributed by atoms with Gasteiger partial charge < -0.3 is 25.2 Å². The Balaban J connectivity index is 2.79. The number of urea groups is 1. The largest absolute Gasteiger partial charge is 0.507 e. The first kappa shape index (κ1) is 15.8. The molecule has 0 atom stereocenters. The lowest BCUT2D eigenvalue weighted by molar-refractivity contribution is 0.0693. The van der Waals surface area contributed by atoms with Crippen molar-refractivity contribution in [1.29, 1.82) is 0 Å². The van der Waals surface area contributed by atoms with Gasteiger partial charge in [0.05, 0.1) is 6.61 Å². The van der Waals surface area contributed by atoms with Crippen molar-refractivity contribution in [2.24, 2.45) is 0 Å². The SMILES string of the molecule is CCN(CCOC)C(=O)Nc1ccc(O)c(C(=O)O)c1. The summed E-state index contributed by atoms with van der Waals surface area (Å²) >= 11 is 0. The molecule has 1 aromatic carbocycles. The first-order chi connectivity index (χ1) is 9.49. The van der Waals surface area contributed by atoms with Crippen LogP contribution in [-0.2, 0) is 4.74 Å². The minimum atomic E-state index is -1.26. The summed E-state index contributed by atoms with van der Waals surface area (Å²) in [5.74, 6) is -1.60. The van der Waals surface area contributed by atoms with E-state index in [0.717, 1.165) is 0 Å². The van der Waals surface area contributed by atoms with E-state index in [-0.39, 0.29) is 17.3 Å². The Hall–Kier alpha value is -2.28. The topological polar surface area (TPSA) is 99.1 Å². The molecule has 7 heteroatoms. The first-order valence-electron chi connectivity index (χ1n) is 6.10. The van der Waals surface area contributed by atoms with Gasteiger partial charge in [0.2, 0.25) is 0 Å². The molecular formula is C13H18N2O5. The number of nitrogens with one attached hydrogen (secondary N) is 1. The zero-order chi connectivity index (χ0) is 15.1. The van der Waals surface area contributed by atoms with Gasteiger partial charge in [0.15, 0.2) is 0 Å². The Kier molecular flexibility index (Phi) is 5.79. The minimum Gasteiger partial charge on any atom is -0.507 e. The summed E-state index contributed by atoms with van der Waals surface area (Å²) in [5, 5.41) is 20.9. The molecule has 3 N–H and O–H groups in total. The van der Waals surface area contributed by atoms with Crippen molar-refractivity contribution < 1.29 is 24.5 Å². The number of likely N-dealkylation sites (N-methyl/N-ethyl adjacent to an activating group) is 1. The van der Waals surface area contributed by atoms with E-state index in [4.69, 9.17) is 9.84 Å². The molecule has 7 nitrogen and oxygen atoms in total. The van der Waals surface area contributed by atoms with Gasteiger partial charge in [-0.05, 0) is 25.1 Å². The van der Waals surface area contributed by atoms with Crippen LogP contribution in [0.2, 0.25) is 0 Å². The monoisotopic (exact) mass is 282 g/mol. The minimum absolute atomic E-state index is 0.261. The molecule has 0 spiro atoms. The molecule has 0 aliphatic rings. The van der Waals surface area contributed by atoms with Crippen LogP contribution in [0.25, 0.3) is 0 Å². The molecule has 0 aliphatic carbocycles. The van der Waals surface area contributed by atoms with Crippen LogP contribution in [0.4, 0.5) is 10.5 Å². The number of aromatic carboxylic acids is 1. The lowest BCUT2D eigenvalue weighted by Gasteiger charge is -2.21. The summed E-state index contributed by atoms with van der Waals surface area (Å²) in [6.07, 6.45) is 0. The number of carboxylic acid groups (broad SMARTS) is 1. The van der Waals surface area contributed by atoms with Crippen LogP contribution < -0.4 is 5.32 Å². The summed E-state index contributed by atoms with van der Waals surface area (Å²) in [4.78, 5) is 24.4. The standard InChI is InChI=1S/C13H18N2O5/c1-3-15(6-7-20-2)13(19)14-9-4-5-11(16)10(8-9)12(17)18/h4-5,8,16H,3,6-7H2,1-2H3,(H,14,19)(H,17,18). The lowest BCUT2D eigenvalue weighted by Crippen LogP contribution is -2.37. The molecule has 0 saturated heterocycles. The van der Waals surface area contributed by atoms with Crippen molar-refractivity contribution in [2.45, 2.75) is 6.92 Å². The number of methoxy groups -OCH3 is 1. The zero-order valence-corrected chi connectivity index (χ0v) is 11.4. The van der Waals surface area contributed by atoms with Crippen LogP contribution in [0.15, 0.2) is 18.2 Å². The highest BCUT2D eigenvalue weighted by atomic mass is 16.5. The third-order valence-electron chi connectivity index (χ3n) is 2.71. The molecule has 0 radical (unpaired) electrons. The Labute approximate surface area is 116 Å². The zero-order valence-electron chi connectivity index (χ0n) is 11.4.